The van der Waals surface area contributed by atoms with Crippen molar-refractivity contribution in [1.29, 1.82) is 0 Å². The first-order valence-electron chi connectivity index (χ1n) is 6.32. The van der Waals surface area contributed by atoms with Gasteiger partial charge in [-0.05, 0) is 39.0 Å². The van der Waals surface area contributed by atoms with E-state index in [1.165, 1.54) is 4.90 Å². The number of hydrogen-bond acceptors (Lipinski definition) is 3. The van der Waals surface area contributed by atoms with Gasteiger partial charge >= 0.3 is 0 Å². The van der Waals surface area contributed by atoms with Crippen LogP contribution in [0.3, 0.4) is 0 Å². The first-order valence-corrected chi connectivity index (χ1v) is 6.70. The molecule has 0 saturated heterocycles. The zero-order valence-electron chi connectivity index (χ0n) is 11.8. The van der Waals surface area contributed by atoms with Crippen molar-refractivity contribution in [2.24, 2.45) is 5.73 Å². The molecule has 0 spiro atoms. The first-order chi connectivity index (χ1) is 9.31. The minimum absolute atomic E-state index is 0.125. The molecule has 1 unspecified atom stereocenters. The zero-order valence-corrected chi connectivity index (χ0v) is 12.6. The topological polar surface area (TPSA) is 72.6 Å². The van der Waals surface area contributed by atoms with Gasteiger partial charge in [0.15, 0.2) is 6.10 Å². The molecule has 0 fully saturated rings. The molecule has 0 radical (unpaired) electrons. The van der Waals surface area contributed by atoms with E-state index in [2.05, 4.69) is 0 Å². The Morgan fingerprint density at radius 2 is 2.00 bits per heavy atom. The fourth-order valence-electron chi connectivity index (χ4n) is 1.71. The van der Waals surface area contributed by atoms with Gasteiger partial charge in [0.25, 0.3) is 5.91 Å². The van der Waals surface area contributed by atoms with Gasteiger partial charge in [-0.15, -0.1) is 0 Å². The summed E-state index contributed by atoms with van der Waals surface area (Å²) in [6.45, 7) is 5.12. The number of ether oxygens (including phenoxy) is 1. The van der Waals surface area contributed by atoms with E-state index in [1.807, 2.05) is 13.8 Å². The Balaban J connectivity index is 2.76. The van der Waals surface area contributed by atoms with Crippen LogP contribution in [0.5, 0.6) is 5.75 Å². The number of halogens is 1. The van der Waals surface area contributed by atoms with Gasteiger partial charge in [-0.2, -0.15) is 0 Å². The van der Waals surface area contributed by atoms with Crippen molar-refractivity contribution in [2.45, 2.75) is 32.9 Å². The molecule has 0 aliphatic rings. The van der Waals surface area contributed by atoms with Crippen molar-refractivity contribution in [3.05, 3.63) is 29.3 Å². The lowest BCUT2D eigenvalue weighted by atomic mass is 10.2. The van der Waals surface area contributed by atoms with E-state index < -0.39 is 12.0 Å². The molecule has 20 heavy (non-hydrogen) atoms. The van der Waals surface area contributed by atoms with Gasteiger partial charge < -0.3 is 15.4 Å². The quantitative estimate of drug-likeness (QED) is 0.871. The number of carbonyl (C=O) groups is 2. The van der Waals surface area contributed by atoms with Crippen molar-refractivity contribution in [1.82, 2.24) is 4.90 Å². The third-order valence-electron chi connectivity index (χ3n) is 2.69. The second kappa shape index (κ2) is 7.14. The van der Waals surface area contributed by atoms with Crippen molar-refractivity contribution >= 4 is 23.4 Å². The van der Waals surface area contributed by atoms with E-state index in [0.717, 1.165) is 0 Å². The van der Waals surface area contributed by atoms with Gasteiger partial charge in [0.05, 0.1) is 6.54 Å². The maximum atomic E-state index is 12.3. The number of hydrogen-bond donors (Lipinski definition) is 1. The molecule has 0 heterocycles. The Morgan fingerprint density at radius 3 is 2.50 bits per heavy atom. The second-order valence-electron chi connectivity index (χ2n) is 4.74. The van der Waals surface area contributed by atoms with Gasteiger partial charge in [-0.3, -0.25) is 9.59 Å². The highest BCUT2D eigenvalue weighted by molar-refractivity contribution is 6.30. The molecule has 5 nitrogen and oxygen atoms in total. The highest BCUT2D eigenvalue weighted by Crippen LogP contribution is 2.19. The summed E-state index contributed by atoms with van der Waals surface area (Å²) in [5.41, 5.74) is 5.15. The van der Waals surface area contributed by atoms with Crippen LogP contribution < -0.4 is 10.5 Å². The van der Waals surface area contributed by atoms with Gasteiger partial charge in [0.2, 0.25) is 5.91 Å². The molecule has 2 amide bonds. The number of nitrogens with zero attached hydrogens (tertiary/aromatic N) is 1. The van der Waals surface area contributed by atoms with Crippen LogP contribution in [-0.2, 0) is 9.59 Å². The van der Waals surface area contributed by atoms with Crippen LogP contribution in [-0.4, -0.2) is 35.4 Å². The molecular formula is C14H19ClN2O3. The monoisotopic (exact) mass is 298 g/mol. The Hall–Kier alpha value is -1.75. The number of amides is 2. The molecule has 0 aliphatic carbocycles. The van der Waals surface area contributed by atoms with Crippen LogP contribution in [0.25, 0.3) is 0 Å². The molecule has 6 heteroatoms. The van der Waals surface area contributed by atoms with Crippen molar-refractivity contribution < 1.29 is 14.3 Å². The summed E-state index contributed by atoms with van der Waals surface area (Å²) in [5.74, 6) is -0.345. The Morgan fingerprint density at radius 1 is 1.35 bits per heavy atom. The van der Waals surface area contributed by atoms with Gasteiger partial charge in [-0.1, -0.05) is 17.7 Å². The summed E-state index contributed by atoms with van der Waals surface area (Å²) in [7, 11) is 0. The average Bonchev–Trinajstić information content (AvgIpc) is 2.34. The SMILES string of the molecule is CC(Oc1cccc(Cl)c1)C(=O)N(CC(N)=O)C(C)C. The molecule has 1 aromatic rings. The normalized spacial score (nSPS) is 12.1. The summed E-state index contributed by atoms with van der Waals surface area (Å²) in [5, 5.41) is 0.528. The summed E-state index contributed by atoms with van der Waals surface area (Å²) in [6, 6.07) is 6.65. The predicted octanol–water partition coefficient (Wildman–Crippen LogP) is 1.83. The molecule has 0 bridgehead atoms. The average molecular weight is 299 g/mol. The van der Waals surface area contributed by atoms with E-state index in [1.54, 1.807) is 31.2 Å². The Bertz CT molecular complexity index is 491. The highest BCUT2D eigenvalue weighted by Gasteiger charge is 2.25. The van der Waals surface area contributed by atoms with E-state index in [4.69, 9.17) is 22.1 Å². The molecule has 1 atom stereocenters. The molecule has 2 N–H and O–H groups in total. The third-order valence-corrected chi connectivity index (χ3v) is 2.92. The van der Waals surface area contributed by atoms with E-state index in [9.17, 15) is 9.59 Å². The van der Waals surface area contributed by atoms with Crippen molar-refractivity contribution in [2.75, 3.05) is 6.54 Å². The van der Waals surface area contributed by atoms with Crippen molar-refractivity contribution in [3.63, 3.8) is 0 Å². The fourth-order valence-corrected chi connectivity index (χ4v) is 1.89. The molecule has 110 valence electrons. The predicted molar refractivity (Wildman–Crippen MR) is 77.6 cm³/mol. The third kappa shape index (κ3) is 4.74. The van der Waals surface area contributed by atoms with Crippen LogP contribution in [0.15, 0.2) is 24.3 Å². The van der Waals surface area contributed by atoms with E-state index in [0.29, 0.717) is 10.8 Å². The Kier molecular flexibility index (Phi) is 5.82. The number of rotatable bonds is 6. The maximum Gasteiger partial charge on any atom is 0.264 e. The molecular weight excluding hydrogens is 280 g/mol. The minimum Gasteiger partial charge on any atom is -0.481 e. The number of nitrogens with two attached hydrogens (primary N) is 1. The van der Waals surface area contributed by atoms with Gasteiger partial charge in [-0.25, -0.2) is 0 Å². The van der Waals surface area contributed by atoms with Crippen LogP contribution >= 0.6 is 11.6 Å². The molecule has 0 saturated carbocycles. The largest absolute Gasteiger partial charge is 0.481 e. The minimum atomic E-state index is -0.727. The summed E-state index contributed by atoms with van der Waals surface area (Å²) in [4.78, 5) is 24.7. The van der Waals surface area contributed by atoms with Crippen molar-refractivity contribution in [3.8, 4) is 5.75 Å². The summed E-state index contributed by atoms with van der Waals surface area (Å²) >= 11 is 5.85. The molecule has 1 aromatic carbocycles. The van der Waals surface area contributed by atoms with Crippen LogP contribution in [0.4, 0.5) is 0 Å². The van der Waals surface area contributed by atoms with Gasteiger partial charge in [0.1, 0.15) is 5.75 Å². The van der Waals surface area contributed by atoms with E-state index >= 15 is 0 Å². The van der Waals surface area contributed by atoms with E-state index in [-0.39, 0.29) is 18.5 Å². The first kappa shape index (κ1) is 16.3. The molecule has 1 rings (SSSR count). The second-order valence-corrected chi connectivity index (χ2v) is 5.18. The molecule has 0 aliphatic heterocycles. The van der Waals surface area contributed by atoms with Crippen LogP contribution in [0, 0.1) is 0 Å². The van der Waals surface area contributed by atoms with Gasteiger partial charge in [0, 0.05) is 11.1 Å². The fraction of sp³-hybridized carbons (Fsp3) is 0.429. The maximum absolute atomic E-state index is 12.3. The molecule has 0 aromatic heterocycles. The summed E-state index contributed by atoms with van der Waals surface area (Å²) < 4.78 is 5.54. The lowest BCUT2D eigenvalue weighted by Gasteiger charge is -2.28. The highest BCUT2D eigenvalue weighted by atomic mass is 35.5. The van der Waals surface area contributed by atoms with Crippen LogP contribution in [0.2, 0.25) is 5.02 Å². The number of benzene rings is 1. The smallest absolute Gasteiger partial charge is 0.264 e. The lowest BCUT2D eigenvalue weighted by Crippen LogP contribution is -2.48. The number of carbonyl (C=O) groups excluding carboxylic acids is 2. The standard InChI is InChI=1S/C14H19ClN2O3/c1-9(2)17(8-13(16)18)14(19)10(3)20-12-6-4-5-11(15)7-12/h4-7,9-10H,8H2,1-3H3,(H2,16,18). The number of primary amides is 1. The van der Waals surface area contributed by atoms with Crippen LogP contribution in [0.1, 0.15) is 20.8 Å². The summed E-state index contributed by atoms with van der Waals surface area (Å²) in [6.07, 6.45) is -0.727. The zero-order chi connectivity index (χ0) is 15.3. The Labute approximate surface area is 123 Å². The lowest BCUT2D eigenvalue weighted by molar-refractivity contribution is -0.142.